The maximum atomic E-state index is 5.77. The molecular weight excluding hydrogens is 240 g/mol. The summed E-state index contributed by atoms with van der Waals surface area (Å²) in [5.41, 5.74) is 9.19. The molecule has 2 nitrogen and oxygen atoms in total. The molecule has 1 rings (SSSR count). The van der Waals surface area contributed by atoms with Crippen molar-refractivity contribution in [2.75, 3.05) is 11.9 Å². The molecule has 1 aromatic rings. The number of anilines is 1. The molecule has 0 aliphatic rings. The normalized spacial score (nSPS) is 11.7. The number of benzene rings is 1. The van der Waals surface area contributed by atoms with E-state index >= 15 is 0 Å². The number of para-hydroxylation sites is 1. The molecule has 0 spiro atoms. The summed E-state index contributed by atoms with van der Waals surface area (Å²) in [6.07, 6.45) is 0. The third-order valence-corrected chi connectivity index (χ3v) is 4.04. The summed E-state index contributed by atoms with van der Waals surface area (Å²) in [7, 11) is 0. The summed E-state index contributed by atoms with van der Waals surface area (Å²) in [6.45, 7) is 12.0. The average Bonchev–Trinajstić information content (AvgIpc) is 2.26. The van der Waals surface area contributed by atoms with E-state index in [1.54, 1.807) is 0 Å². The van der Waals surface area contributed by atoms with Gasteiger partial charge in [0.05, 0.1) is 0 Å². The maximum Gasteiger partial charge on any atom is 0.106 e. The Labute approximate surface area is 116 Å². The van der Waals surface area contributed by atoms with Crippen LogP contribution in [0.5, 0.6) is 0 Å². The Morgan fingerprint density at radius 2 is 2.00 bits per heavy atom. The quantitative estimate of drug-likeness (QED) is 0.796. The van der Waals surface area contributed by atoms with E-state index in [1.807, 2.05) is 12.1 Å². The number of aryl methyl sites for hydroxylation is 1. The molecule has 0 atom stereocenters. The summed E-state index contributed by atoms with van der Waals surface area (Å²) in [5.74, 6) is 0.613. The summed E-state index contributed by atoms with van der Waals surface area (Å²) in [4.78, 5) is 0.448. The molecule has 0 amide bonds. The lowest BCUT2D eigenvalue weighted by molar-refractivity contribution is 0.269. The number of rotatable bonds is 5. The molecule has 0 fully saturated rings. The van der Waals surface area contributed by atoms with Crippen LogP contribution >= 0.6 is 12.2 Å². The fourth-order valence-electron chi connectivity index (χ4n) is 1.63. The van der Waals surface area contributed by atoms with Crippen LogP contribution in [0.25, 0.3) is 0 Å². The molecule has 0 aliphatic heterocycles. The zero-order valence-electron chi connectivity index (χ0n) is 12.0. The fraction of sp³-hybridized carbons (Fsp3) is 0.533. The topological polar surface area (TPSA) is 38.0 Å². The van der Waals surface area contributed by atoms with Gasteiger partial charge in [-0.15, -0.1) is 0 Å². The highest BCUT2D eigenvalue weighted by Crippen LogP contribution is 2.28. The molecule has 0 unspecified atom stereocenters. The van der Waals surface area contributed by atoms with E-state index in [-0.39, 0.29) is 5.41 Å². The number of nitrogens with two attached hydrogens (primary N) is 1. The Morgan fingerprint density at radius 1 is 1.39 bits per heavy atom. The fourth-order valence-corrected chi connectivity index (χ4v) is 1.80. The van der Waals surface area contributed by atoms with Crippen molar-refractivity contribution in [1.29, 1.82) is 0 Å². The van der Waals surface area contributed by atoms with Gasteiger partial charge in [0.2, 0.25) is 0 Å². The van der Waals surface area contributed by atoms with E-state index in [0.29, 0.717) is 10.9 Å². The zero-order chi connectivity index (χ0) is 13.9. The van der Waals surface area contributed by atoms with Crippen molar-refractivity contribution >= 4 is 22.9 Å². The van der Waals surface area contributed by atoms with Gasteiger partial charge in [0.15, 0.2) is 0 Å². The molecule has 0 radical (unpaired) electrons. The van der Waals surface area contributed by atoms with E-state index in [9.17, 15) is 0 Å². The van der Waals surface area contributed by atoms with Crippen molar-refractivity contribution in [1.82, 2.24) is 0 Å². The van der Waals surface area contributed by atoms with E-state index in [0.717, 1.165) is 17.8 Å². The molecule has 18 heavy (non-hydrogen) atoms. The van der Waals surface area contributed by atoms with Crippen LogP contribution in [0.15, 0.2) is 18.2 Å². The molecular formula is C15H24N2S. The Bertz CT molecular complexity index is 436. The van der Waals surface area contributed by atoms with E-state index in [1.165, 1.54) is 5.56 Å². The van der Waals surface area contributed by atoms with E-state index < -0.39 is 0 Å². The van der Waals surface area contributed by atoms with Crippen molar-refractivity contribution in [3.8, 4) is 0 Å². The minimum Gasteiger partial charge on any atom is -0.389 e. The summed E-state index contributed by atoms with van der Waals surface area (Å²) >= 11 is 5.11. The van der Waals surface area contributed by atoms with Gasteiger partial charge in [-0.1, -0.05) is 52.0 Å². The van der Waals surface area contributed by atoms with Crippen molar-refractivity contribution in [2.45, 2.75) is 34.6 Å². The minimum atomic E-state index is 0.232. The summed E-state index contributed by atoms with van der Waals surface area (Å²) in [6, 6.07) is 6.04. The lowest BCUT2D eigenvalue weighted by Gasteiger charge is -2.30. The Morgan fingerprint density at radius 3 is 2.50 bits per heavy atom. The molecule has 0 saturated carbocycles. The van der Waals surface area contributed by atoms with Crippen LogP contribution in [0.2, 0.25) is 0 Å². The molecule has 0 aromatic heterocycles. The number of hydrogen-bond donors (Lipinski definition) is 2. The molecule has 3 heteroatoms. The SMILES string of the molecule is Cc1cccc(C(N)=S)c1NCC(C)(C)C(C)C. The number of hydrogen-bond acceptors (Lipinski definition) is 2. The number of nitrogens with one attached hydrogen (secondary N) is 1. The highest BCUT2D eigenvalue weighted by Gasteiger charge is 2.22. The molecule has 100 valence electrons. The lowest BCUT2D eigenvalue weighted by atomic mass is 9.81. The van der Waals surface area contributed by atoms with Gasteiger partial charge in [0, 0.05) is 17.8 Å². The van der Waals surface area contributed by atoms with Crippen molar-refractivity contribution in [3.05, 3.63) is 29.3 Å². The predicted octanol–water partition coefficient (Wildman–Crippen LogP) is 3.72. The second-order valence-electron chi connectivity index (χ2n) is 5.86. The smallest absolute Gasteiger partial charge is 0.106 e. The van der Waals surface area contributed by atoms with E-state index in [4.69, 9.17) is 18.0 Å². The Balaban J connectivity index is 2.95. The molecule has 1 aromatic carbocycles. The van der Waals surface area contributed by atoms with Crippen LogP contribution in [0, 0.1) is 18.3 Å². The van der Waals surface area contributed by atoms with Crippen LogP contribution in [-0.2, 0) is 0 Å². The Kier molecular flexibility index (Phi) is 4.74. The first-order chi connectivity index (χ1) is 8.25. The largest absolute Gasteiger partial charge is 0.389 e. The number of thiocarbonyl (C=S) groups is 1. The predicted molar refractivity (Wildman–Crippen MR) is 84.2 cm³/mol. The first kappa shape index (κ1) is 15.0. The average molecular weight is 264 g/mol. The van der Waals surface area contributed by atoms with Crippen molar-refractivity contribution in [2.24, 2.45) is 17.1 Å². The minimum absolute atomic E-state index is 0.232. The van der Waals surface area contributed by atoms with Gasteiger partial charge >= 0.3 is 0 Å². The third-order valence-electron chi connectivity index (χ3n) is 3.82. The molecule has 0 aliphatic carbocycles. The van der Waals surface area contributed by atoms with Gasteiger partial charge in [-0.05, 0) is 29.9 Å². The highest BCUT2D eigenvalue weighted by atomic mass is 32.1. The Hall–Kier alpha value is -1.09. The molecule has 0 heterocycles. The van der Waals surface area contributed by atoms with Gasteiger partial charge in [0.1, 0.15) is 4.99 Å². The van der Waals surface area contributed by atoms with Crippen LogP contribution in [0.3, 0.4) is 0 Å². The summed E-state index contributed by atoms with van der Waals surface area (Å²) < 4.78 is 0. The van der Waals surface area contributed by atoms with Gasteiger partial charge < -0.3 is 11.1 Å². The first-order valence-electron chi connectivity index (χ1n) is 6.39. The molecule has 0 bridgehead atoms. The van der Waals surface area contributed by atoms with Crippen molar-refractivity contribution < 1.29 is 0 Å². The van der Waals surface area contributed by atoms with Crippen LogP contribution in [0.1, 0.15) is 38.8 Å². The standard InChI is InChI=1S/C15H24N2S/c1-10(2)15(4,5)9-17-13-11(3)7-6-8-12(13)14(16)18/h6-8,10,17H,9H2,1-5H3,(H2,16,18). The van der Waals surface area contributed by atoms with E-state index in [2.05, 4.69) is 46.0 Å². The monoisotopic (exact) mass is 264 g/mol. The van der Waals surface area contributed by atoms with Gasteiger partial charge in [-0.2, -0.15) is 0 Å². The van der Waals surface area contributed by atoms with Crippen LogP contribution < -0.4 is 11.1 Å². The van der Waals surface area contributed by atoms with Gasteiger partial charge in [-0.3, -0.25) is 0 Å². The molecule has 0 saturated heterocycles. The van der Waals surface area contributed by atoms with Crippen LogP contribution in [-0.4, -0.2) is 11.5 Å². The second-order valence-corrected chi connectivity index (χ2v) is 6.30. The zero-order valence-corrected chi connectivity index (χ0v) is 12.8. The molecule has 3 N–H and O–H groups in total. The summed E-state index contributed by atoms with van der Waals surface area (Å²) in [5, 5.41) is 3.52. The lowest BCUT2D eigenvalue weighted by Crippen LogP contribution is -2.29. The van der Waals surface area contributed by atoms with Crippen molar-refractivity contribution in [3.63, 3.8) is 0 Å². The van der Waals surface area contributed by atoms with Crippen LogP contribution in [0.4, 0.5) is 5.69 Å². The first-order valence-corrected chi connectivity index (χ1v) is 6.80. The highest BCUT2D eigenvalue weighted by molar-refractivity contribution is 7.80. The maximum absolute atomic E-state index is 5.77. The third kappa shape index (κ3) is 3.45. The second kappa shape index (κ2) is 5.70. The van der Waals surface area contributed by atoms with Gasteiger partial charge in [0.25, 0.3) is 0 Å². The van der Waals surface area contributed by atoms with Gasteiger partial charge in [-0.25, -0.2) is 0 Å².